The van der Waals surface area contributed by atoms with Crippen LogP contribution in [0.15, 0.2) is 30.3 Å². The summed E-state index contributed by atoms with van der Waals surface area (Å²) >= 11 is 0. The van der Waals surface area contributed by atoms with E-state index in [4.69, 9.17) is 15.3 Å². The minimum absolute atomic E-state index is 0. The zero-order valence-corrected chi connectivity index (χ0v) is 11.7. The first-order valence-corrected chi connectivity index (χ1v) is 3.25. The van der Waals surface area contributed by atoms with Crippen LogP contribution in [-0.2, 0) is 26.2 Å². The van der Waals surface area contributed by atoms with Crippen LogP contribution in [-0.4, -0.2) is 36.6 Å². The quantitative estimate of drug-likeness (QED) is 0.615. The number of benzene rings is 1. The maximum Gasteiger partial charge on any atom is 2.00 e. The summed E-state index contributed by atoms with van der Waals surface area (Å²) in [5.74, 6) is 0. The second kappa shape index (κ2) is 52.1. The fraction of sp³-hybridized carbons (Fsp3) is 0.300. The summed E-state index contributed by atoms with van der Waals surface area (Å²) in [6.45, 7) is 0. The van der Waals surface area contributed by atoms with E-state index in [-0.39, 0.29) is 33.6 Å². The largest absolute Gasteiger partial charge is 2.00 e. The van der Waals surface area contributed by atoms with E-state index < -0.39 is 0 Å². The van der Waals surface area contributed by atoms with Gasteiger partial charge in [-0.1, -0.05) is 0 Å². The van der Waals surface area contributed by atoms with E-state index in [1.165, 1.54) is 0 Å². The third-order valence-corrected chi connectivity index (χ3v) is 0.607. The van der Waals surface area contributed by atoms with Gasteiger partial charge in [-0.25, -0.2) is 0 Å². The van der Waals surface area contributed by atoms with Gasteiger partial charge >= 0.3 is 26.2 Å². The fourth-order valence-electron chi connectivity index (χ4n) is 0.342. The van der Waals surface area contributed by atoms with Crippen molar-refractivity contribution in [3.63, 3.8) is 0 Å². The molecule has 0 saturated heterocycles. The third-order valence-electron chi connectivity index (χ3n) is 0.607. The van der Waals surface area contributed by atoms with Crippen molar-refractivity contribution in [3.05, 3.63) is 43.8 Å². The maximum absolute atomic E-state index is 7.00. The van der Waals surface area contributed by atoms with Crippen LogP contribution in [0, 0.1) is 13.5 Å². The molecule has 0 bridgehead atoms. The second-order valence-electron chi connectivity index (χ2n) is 1.08. The van der Waals surface area contributed by atoms with Gasteiger partial charge in [0.05, 0.1) is 0 Å². The predicted octanol–water partition coefficient (Wildman–Crippen LogP) is 0.760. The van der Waals surface area contributed by atoms with Gasteiger partial charge in [-0.15, -0.1) is 0 Å². The molecule has 0 spiro atoms. The van der Waals surface area contributed by atoms with Crippen molar-refractivity contribution in [1.29, 1.82) is 0 Å². The van der Waals surface area contributed by atoms with Gasteiger partial charge in [0.1, 0.15) is 0 Å². The molecule has 0 saturated carbocycles. The minimum atomic E-state index is 0. The van der Waals surface area contributed by atoms with Gasteiger partial charge in [-0.3, -0.25) is 0 Å². The van der Waals surface area contributed by atoms with Crippen LogP contribution < -0.4 is 0 Å². The van der Waals surface area contributed by atoms with Crippen molar-refractivity contribution in [2.45, 2.75) is 0 Å². The predicted molar refractivity (Wildman–Crippen MR) is 56.1 cm³/mol. The fourth-order valence-corrected chi connectivity index (χ4v) is 0.342. The van der Waals surface area contributed by atoms with E-state index in [0.29, 0.717) is 0 Å². The number of aliphatic hydroxyl groups excluding tert-OH is 3. The molecule has 0 aromatic heterocycles. The van der Waals surface area contributed by atoms with Crippen molar-refractivity contribution in [2.75, 3.05) is 21.3 Å². The monoisotopic (exact) mass is 278 g/mol. The SMILES string of the molecule is CO.CO.CO.[CH3-].[Zr+2].[c-]1ccccc1. The summed E-state index contributed by atoms with van der Waals surface area (Å²) < 4.78 is 0. The molecule has 82 valence electrons. The minimum Gasteiger partial charge on any atom is -0.400 e. The van der Waals surface area contributed by atoms with Gasteiger partial charge in [-0.2, -0.15) is 36.4 Å². The van der Waals surface area contributed by atoms with Crippen LogP contribution in [0.3, 0.4) is 0 Å². The molecule has 0 fully saturated rings. The maximum atomic E-state index is 7.00. The van der Waals surface area contributed by atoms with Gasteiger partial charge in [0.25, 0.3) is 0 Å². The summed E-state index contributed by atoms with van der Waals surface area (Å²) in [5.41, 5.74) is 0. The van der Waals surface area contributed by atoms with E-state index >= 15 is 0 Å². The van der Waals surface area contributed by atoms with E-state index in [9.17, 15) is 0 Å². The van der Waals surface area contributed by atoms with Gasteiger partial charge < -0.3 is 22.7 Å². The molecule has 0 radical (unpaired) electrons. The average Bonchev–Trinajstić information content (AvgIpc) is 2.29. The summed E-state index contributed by atoms with van der Waals surface area (Å²) in [7, 11) is 3.00. The number of hydrogen-bond acceptors (Lipinski definition) is 3. The smallest absolute Gasteiger partial charge is 0.400 e. The molecular weight excluding hydrogens is 259 g/mol. The van der Waals surface area contributed by atoms with Crippen molar-refractivity contribution < 1.29 is 41.5 Å². The summed E-state index contributed by atoms with van der Waals surface area (Å²) in [6.07, 6.45) is 0. The number of aliphatic hydroxyl groups is 3. The molecule has 3 nitrogen and oxygen atoms in total. The number of rotatable bonds is 0. The Morgan fingerprint density at radius 1 is 0.714 bits per heavy atom. The van der Waals surface area contributed by atoms with Gasteiger partial charge in [0.15, 0.2) is 0 Å². The molecule has 1 rings (SSSR count). The van der Waals surface area contributed by atoms with Crippen LogP contribution in [0.1, 0.15) is 0 Å². The van der Waals surface area contributed by atoms with Crippen LogP contribution in [0.4, 0.5) is 0 Å². The second-order valence-corrected chi connectivity index (χ2v) is 1.08. The third kappa shape index (κ3) is 40.4. The van der Waals surface area contributed by atoms with Gasteiger partial charge in [0, 0.05) is 21.3 Å². The molecule has 0 aliphatic heterocycles. The molecular formula is C10H20O3Zr. The molecule has 14 heavy (non-hydrogen) atoms. The van der Waals surface area contributed by atoms with E-state index in [1.54, 1.807) is 0 Å². The Morgan fingerprint density at radius 2 is 1.00 bits per heavy atom. The van der Waals surface area contributed by atoms with Crippen LogP contribution in [0.5, 0.6) is 0 Å². The van der Waals surface area contributed by atoms with Crippen molar-refractivity contribution in [2.24, 2.45) is 0 Å². The first kappa shape index (κ1) is 29.2. The molecule has 1 aromatic carbocycles. The topological polar surface area (TPSA) is 60.7 Å². The Kier molecular flexibility index (Phi) is 109. The van der Waals surface area contributed by atoms with Crippen molar-refractivity contribution >= 4 is 0 Å². The molecule has 1 aromatic rings. The summed E-state index contributed by atoms with van der Waals surface area (Å²) in [6, 6.07) is 12.5. The molecule has 0 amide bonds. The van der Waals surface area contributed by atoms with Crippen molar-refractivity contribution in [1.82, 2.24) is 0 Å². The molecule has 0 unspecified atom stereocenters. The molecule has 4 heteroatoms. The Morgan fingerprint density at radius 3 is 1.07 bits per heavy atom. The summed E-state index contributed by atoms with van der Waals surface area (Å²) in [5, 5.41) is 21.0. The van der Waals surface area contributed by atoms with E-state index in [2.05, 4.69) is 6.07 Å². The normalized spacial score (nSPS) is 4.71. The van der Waals surface area contributed by atoms with Crippen LogP contribution in [0.2, 0.25) is 0 Å². The Labute approximate surface area is 107 Å². The van der Waals surface area contributed by atoms with E-state index in [1.807, 2.05) is 30.3 Å². The molecule has 0 heterocycles. The van der Waals surface area contributed by atoms with Gasteiger partial charge in [-0.05, 0) is 0 Å². The summed E-state index contributed by atoms with van der Waals surface area (Å²) in [4.78, 5) is 0. The molecule has 0 aliphatic rings. The molecule has 3 N–H and O–H groups in total. The zero-order chi connectivity index (χ0) is 10.2. The van der Waals surface area contributed by atoms with Crippen LogP contribution >= 0.6 is 0 Å². The zero-order valence-electron chi connectivity index (χ0n) is 9.23. The van der Waals surface area contributed by atoms with Crippen molar-refractivity contribution in [3.8, 4) is 0 Å². The Hall–Kier alpha value is -0.0169. The van der Waals surface area contributed by atoms with E-state index in [0.717, 1.165) is 21.3 Å². The first-order chi connectivity index (χ1) is 6.00. The Balaban J connectivity index is -0.0000000300. The molecule has 0 atom stereocenters. The Bertz CT molecular complexity index is 87.3. The average molecular weight is 279 g/mol. The van der Waals surface area contributed by atoms with Crippen LogP contribution in [0.25, 0.3) is 0 Å². The van der Waals surface area contributed by atoms with Gasteiger partial charge in [0.2, 0.25) is 0 Å². The first-order valence-electron chi connectivity index (χ1n) is 3.25. The standard InChI is InChI=1S/C6H5.3CH4O.CH3.Zr/c1-2-4-6-5-3-1;3*1-2;;/h1-5H;3*2H,1H3;1H3;/q-1;;;;-1;+2. The number of hydrogen-bond donors (Lipinski definition) is 3. The molecule has 0 aliphatic carbocycles.